The molecule has 5 rings (SSSR count). The predicted octanol–water partition coefficient (Wildman–Crippen LogP) is 5.15. The molecule has 2 aliphatic rings. The van der Waals surface area contributed by atoms with E-state index >= 15 is 0 Å². The molecule has 0 aromatic heterocycles. The zero-order valence-electron chi connectivity index (χ0n) is 21.0. The second-order valence-electron chi connectivity index (χ2n) is 9.66. The van der Waals surface area contributed by atoms with Crippen LogP contribution in [0.15, 0.2) is 66.7 Å². The van der Waals surface area contributed by atoms with Crippen LogP contribution in [0, 0.1) is 19.8 Å². The summed E-state index contributed by atoms with van der Waals surface area (Å²) in [4.78, 5) is 16.0. The molecule has 0 aliphatic carbocycles. The summed E-state index contributed by atoms with van der Waals surface area (Å²) in [5.74, 6) is 0.732. The fourth-order valence-corrected chi connectivity index (χ4v) is 5.73. The molecule has 0 spiro atoms. The first-order valence-electron chi connectivity index (χ1n) is 12.2. The Hall–Kier alpha value is -3.58. The Bertz CT molecular complexity index is 1310. The number of carbonyl (C=O) groups is 1. The normalized spacial score (nSPS) is 22.2. The van der Waals surface area contributed by atoms with Gasteiger partial charge in [-0.2, -0.15) is 0 Å². The van der Waals surface area contributed by atoms with Crippen LogP contribution in [0.25, 0.3) is 0 Å². The van der Waals surface area contributed by atoms with Gasteiger partial charge in [0.2, 0.25) is 5.91 Å². The number of rotatable bonds is 6. The third-order valence-electron chi connectivity index (χ3n) is 7.23. The number of methoxy groups -OCH3 is 1. The summed E-state index contributed by atoms with van der Waals surface area (Å²) in [5, 5.41) is 7.21. The first-order valence-corrected chi connectivity index (χ1v) is 12.6. The molecular weight excluding hydrogens is 470 g/mol. The molecule has 1 saturated heterocycles. The minimum absolute atomic E-state index is 0.123. The van der Waals surface area contributed by atoms with Gasteiger partial charge in [0.15, 0.2) is 10.8 Å². The van der Waals surface area contributed by atoms with Crippen molar-refractivity contribution in [2.24, 2.45) is 5.92 Å². The molecule has 0 unspecified atom stereocenters. The topological polar surface area (TPSA) is 62.8 Å². The van der Waals surface area contributed by atoms with Crippen LogP contribution in [-0.2, 0) is 11.2 Å². The third kappa shape index (κ3) is 4.28. The summed E-state index contributed by atoms with van der Waals surface area (Å²) in [5.41, 5.74) is 4.03. The van der Waals surface area contributed by atoms with Crippen molar-refractivity contribution >= 4 is 28.9 Å². The van der Waals surface area contributed by atoms with Gasteiger partial charge < -0.3 is 25.0 Å². The van der Waals surface area contributed by atoms with Gasteiger partial charge in [0.1, 0.15) is 17.4 Å². The number of nitrogens with one attached hydrogen (secondary N) is 2. The number of thiocarbonyl (C=S) groups is 1. The summed E-state index contributed by atoms with van der Waals surface area (Å²) < 4.78 is 12.1. The predicted molar refractivity (Wildman–Crippen MR) is 145 cm³/mol. The molecule has 6 nitrogen and oxygen atoms in total. The van der Waals surface area contributed by atoms with Gasteiger partial charge in [0.05, 0.1) is 13.2 Å². The van der Waals surface area contributed by atoms with Gasteiger partial charge in [-0.05, 0) is 74.8 Å². The number of carbonyl (C=O) groups excluding carboxylic acids is 1. The van der Waals surface area contributed by atoms with Gasteiger partial charge in [-0.25, -0.2) is 0 Å². The minimum atomic E-state index is -0.980. The lowest BCUT2D eigenvalue weighted by molar-refractivity contribution is -0.149. The van der Waals surface area contributed by atoms with Crippen LogP contribution >= 0.6 is 12.2 Å². The molecule has 2 aliphatic heterocycles. The number of amides is 1. The van der Waals surface area contributed by atoms with Gasteiger partial charge in [-0.15, -0.1) is 0 Å². The van der Waals surface area contributed by atoms with Crippen LogP contribution in [0.5, 0.6) is 11.5 Å². The Kier molecular flexibility index (Phi) is 6.35. The quantitative estimate of drug-likeness (QED) is 0.456. The molecule has 2 bridgehead atoms. The number of hydrogen-bond donors (Lipinski definition) is 2. The number of anilines is 1. The summed E-state index contributed by atoms with van der Waals surface area (Å²) in [6.07, 6.45) is 0.771. The van der Waals surface area contributed by atoms with Crippen LogP contribution in [0.4, 0.5) is 5.69 Å². The van der Waals surface area contributed by atoms with Crippen LogP contribution in [0.2, 0.25) is 0 Å². The smallest absolute Gasteiger partial charge is 0.236 e. The Labute approximate surface area is 217 Å². The Balaban J connectivity index is 1.53. The molecule has 7 heteroatoms. The van der Waals surface area contributed by atoms with Crippen molar-refractivity contribution in [2.75, 3.05) is 19.0 Å². The van der Waals surface area contributed by atoms with Crippen molar-refractivity contribution in [1.29, 1.82) is 0 Å². The molecule has 1 fully saturated rings. The molecule has 186 valence electrons. The van der Waals surface area contributed by atoms with E-state index in [1.807, 2.05) is 74.2 Å². The van der Waals surface area contributed by atoms with Crippen molar-refractivity contribution in [3.05, 3.63) is 89.0 Å². The fraction of sp³-hybridized carbons (Fsp3) is 0.310. The lowest BCUT2D eigenvalue weighted by atomic mass is 9.78. The summed E-state index contributed by atoms with van der Waals surface area (Å²) in [7, 11) is 1.63. The van der Waals surface area contributed by atoms with Crippen molar-refractivity contribution in [1.82, 2.24) is 10.2 Å². The lowest BCUT2D eigenvalue weighted by Gasteiger charge is -2.56. The third-order valence-corrected chi connectivity index (χ3v) is 7.57. The van der Waals surface area contributed by atoms with E-state index in [-0.39, 0.29) is 11.9 Å². The number of nitrogens with zero attached hydrogens (tertiary/aromatic N) is 1. The van der Waals surface area contributed by atoms with Gasteiger partial charge in [0, 0.05) is 17.8 Å². The molecule has 3 atom stereocenters. The van der Waals surface area contributed by atoms with E-state index in [1.54, 1.807) is 7.11 Å². The standard InChI is InChI=1S/C29H31N3O3S/c1-18-10-12-23(19(2)16-18)30-27(33)25-26-22-17-21(34-4)11-13-24(22)35-29(25,3)32(28(36)31-26)15-14-20-8-6-5-7-9-20/h5-13,16-17,25-26H,14-15H2,1-4H3,(H,30,33)(H,31,36)/t25-,26-,29+/m0/s1. The lowest BCUT2D eigenvalue weighted by Crippen LogP contribution is -2.71. The van der Waals surface area contributed by atoms with Crippen molar-refractivity contribution in [3.8, 4) is 11.5 Å². The average molecular weight is 502 g/mol. The van der Waals surface area contributed by atoms with E-state index in [9.17, 15) is 4.79 Å². The fourth-order valence-electron chi connectivity index (χ4n) is 5.33. The van der Waals surface area contributed by atoms with Crippen LogP contribution < -0.4 is 20.1 Å². The largest absolute Gasteiger partial charge is 0.497 e. The van der Waals surface area contributed by atoms with Gasteiger partial charge in [-0.1, -0.05) is 48.0 Å². The highest BCUT2D eigenvalue weighted by atomic mass is 32.1. The number of ether oxygens (including phenoxy) is 2. The zero-order valence-corrected chi connectivity index (χ0v) is 21.8. The SMILES string of the molecule is COc1ccc2c(c1)[C@@H]1NC(=S)N(CCc3ccccc3)[C@](C)(O2)[C@@H]1C(=O)Nc1ccc(C)cc1C. The van der Waals surface area contributed by atoms with Gasteiger partial charge in [0.25, 0.3) is 0 Å². The number of benzene rings is 3. The summed E-state index contributed by atoms with van der Waals surface area (Å²) in [6, 6.07) is 21.6. The monoisotopic (exact) mass is 501 g/mol. The van der Waals surface area contributed by atoms with E-state index in [4.69, 9.17) is 21.7 Å². The van der Waals surface area contributed by atoms with Gasteiger partial charge in [-0.3, -0.25) is 4.79 Å². The van der Waals surface area contributed by atoms with E-state index in [1.165, 1.54) is 5.56 Å². The molecule has 36 heavy (non-hydrogen) atoms. The van der Waals surface area contributed by atoms with E-state index in [0.29, 0.717) is 17.4 Å². The number of fused-ring (bicyclic) bond motifs is 4. The second kappa shape index (κ2) is 9.47. The maximum absolute atomic E-state index is 14.0. The Morgan fingerprint density at radius 1 is 1.14 bits per heavy atom. The van der Waals surface area contributed by atoms with E-state index < -0.39 is 11.6 Å². The first kappa shape index (κ1) is 24.1. The maximum Gasteiger partial charge on any atom is 0.236 e. The molecular formula is C29H31N3O3S. The van der Waals surface area contributed by atoms with E-state index in [2.05, 4.69) is 28.8 Å². The average Bonchev–Trinajstić information content (AvgIpc) is 2.85. The Morgan fingerprint density at radius 2 is 1.92 bits per heavy atom. The van der Waals surface area contributed by atoms with Crippen LogP contribution in [0.3, 0.4) is 0 Å². The second-order valence-corrected chi connectivity index (χ2v) is 10.0. The number of aryl methyl sites for hydroxylation is 2. The van der Waals surface area contributed by atoms with Crippen LogP contribution in [0.1, 0.15) is 35.2 Å². The highest BCUT2D eigenvalue weighted by Crippen LogP contribution is 2.49. The molecule has 2 N–H and O–H groups in total. The Morgan fingerprint density at radius 3 is 2.64 bits per heavy atom. The van der Waals surface area contributed by atoms with E-state index in [0.717, 1.165) is 34.5 Å². The zero-order chi connectivity index (χ0) is 25.4. The van der Waals surface area contributed by atoms with Crippen molar-refractivity contribution < 1.29 is 14.3 Å². The maximum atomic E-state index is 14.0. The van der Waals surface area contributed by atoms with Crippen molar-refractivity contribution in [2.45, 2.75) is 39.0 Å². The van der Waals surface area contributed by atoms with Crippen molar-refractivity contribution in [3.63, 3.8) is 0 Å². The first-order chi connectivity index (χ1) is 17.3. The van der Waals surface area contributed by atoms with Crippen LogP contribution in [-0.4, -0.2) is 35.3 Å². The molecule has 1 amide bonds. The summed E-state index contributed by atoms with van der Waals surface area (Å²) in [6.45, 7) is 6.62. The molecule has 0 saturated carbocycles. The molecule has 3 aromatic rings. The molecule has 0 radical (unpaired) electrons. The molecule has 3 aromatic carbocycles. The molecule has 2 heterocycles. The summed E-state index contributed by atoms with van der Waals surface area (Å²) >= 11 is 5.84. The minimum Gasteiger partial charge on any atom is -0.497 e. The number of hydrogen-bond acceptors (Lipinski definition) is 4. The van der Waals surface area contributed by atoms with Gasteiger partial charge >= 0.3 is 0 Å². The highest BCUT2D eigenvalue weighted by molar-refractivity contribution is 7.80. The highest BCUT2D eigenvalue weighted by Gasteiger charge is 2.58.